The van der Waals surface area contributed by atoms with Gasteiger partial charge in [-0.3, -0.25) is 4.79 Å². The third-order valence-corrected chi connectivity index (χ3v) is 2.59. The summed E-state index contributed by atoms with van der Waals surface area (Å²) in [4.78, 5) is 15.7. The molecule has 0 atom stereocenters. The highest BCUT2D eigenvalue weighted by atomic mass is 19.1. The Labute approximate surface area is 114 Å². The maximum atomic E-state index is 13.4. The number of amides is 1. The minimum atomic E-state index is -0.675. The van der Waals surface area contributed by atoms with Gasteiger partial charge in [0.05, 0.1) is 5.69 Å². The largest absolute Gasteiger partial charge is 0.508 e. The summed E-state index contributed by atoms with van der Waals surface area (Å²) in [6, 6.07) is 3.56. The van der Waals surface area contributed by atoms with Crippen LogP contribution in [0.25, 0.3) is 0 Å². The molecule has 0 saturated heterocycles. The second-order valence-corrected chi connectivity index (χ2v) is 4.30. The topological polar surface area (TPSA) is 88.2 Å². The molecule has 1 amide bonds. The number of carbonyl (C=O) groups is 1. The molecule has 0 saturated carbocycles. The number of nitrogens with zero attached hydrogens (tertiary/aromatic N) is 2. The summed E-state index contributed by atoms with van der Waals surface area (Å²) in [5.41, 5.74) is 0.0430. The van der Waals surface area contributed by atoms with Crippen molar-refractivity contribution in [2.45, 2.75) is 26.2 Å². The number of benzene rings is 1. The van der Waals surface area contributed by atoms with Gasteiger partial charge in [0.15, 0.2) is 5.82 Å². The van der Waals surface area contributed by atoms with Crippen LogP contribution in [0.4, 0.5) is 10.1 Å². The Kier molecular flexibility index (Phi) is 4.29. The second-order valence-electron chi connectivity index (χ2n) is 4.30. The summed E-state index contributed by atoms with van der Waals surface area (Å²) < 4.78 is 18.3. The Bertz CT molecular complexity index is 613. The molecule has 0 aliphatic carbocycles. The Balaban J connectivity index is 1.80. The fourth-order valence-corrected chi connectivity index (χ4v) is 1.66. The van der Waals surface area contributed by atoms with Crippen LogP contribution in [0.5, 0.6) is 5.75 Å². The highest BCUT2D eigenvalue weighted by molar-refractivity contribution is 5.90. The van der Waals surface area contributed by atoms with E-state index in [0.717, 1.165) is 6.07 Å². The number of aromatic nitrogens is 2. The number of carbonyl (C=O) groups excluding carboxylic acids is 1. The average Bonchev–Trinajstić information content (AvgIpc) is 2.79. The van der Waals surface area contributed by atoms with E-state index in [2.05, 4.69) is 15.5 Å². The van der Waals surface area contributed by atoms with E-state index in [9.17, 15) is 9.18 Å². The first-order valence-corrected chi connectivity index (χ1v) is 6.12. The number of halogens is 1. The van der Waals surface area contributed by atoms with Gasteiger partial charge in [0.1, 0.15) is 11.6 Å². The quantitative estimate of drug-likeness (QED) is 0.819. The zero-order valence-electron chi connectivity index (χ0n) is 10.9. The maximum absolute atomic E-state index is 13.4. The summed E-state index contributed by atoms with van der Waals surface area (Å²) in [7, 11) is 0. The normalized spacial score (nSPS) is 10.5. The van der Waals surface area contributed by atoms with Crippen LogP contribution in [0.2, 0.25) is 0 Å². The number of aromatic hydroxyl groups is 1. The summed E-state index contributed by atoms with van der Waals surface area (Å²) in [6.07, 6.45) is 1.22. The lowest BCUT2D eigenvalue weighted by atomic mass is 10.2. The molecule has 0 unspecified atom stereocenters. The summed E-state index contributed by atoms with van der Waals surface area (Å²) in [5, 5.41) is 15.1. The van der Waals surface area contributed by atoms with Crippen LogP contribution in [0, 0.1) is 12.7 Å². The number of phenols is 1. The van der Waals surface area contributed by atoms with Gasteiger partial charge in [-0.2, -0.15) is 4.98 Å². The molecule has 1 heterocycles. The van der Waals surface area contributed by atoms with E-state index in [4.69, 9.17) is 9.63 Å². The highest BCUT2D eigenvalue weighted by Gasteiger charge is 2.09. The highest BCUT2D eigenvalue weighted by Crippen LogP contribution is 2.19. The third kappa shape index (κ3) is 3.78. The summed E-state index contributed by atoms with van der Waals surface area (Å²) in [6.45, 7) is 1.72. The third-order valence-electron chi connectivity index (χ3n) is 2.59. The molecule has 0 spiro atoms. The molecule has 1 aromatic heterocycles. The van der Waals surface area contributed by atoms with Gasteiger partial charge in [0.25, 0.3) is 0 Å². The summed E-state index contributed by atoms with van der Waals surface area (Å²) in [5.74, 6) is -0.148. The van der Waals surface area contributed by atoms with Crippen LogP contribution >= 0.6 is 0 Å². The van der Waals surface area contributed by atoms with Crippen LogP contribution in [0.15, 0.2) is 22.7 Å². The SMILES string of the molecule is Cc1noc(CCCC(=O)Nc2ccc(O)cc2F)n1. The van der Waals surface area contributed by atoms with Crippen LogP contribution in [0.1, 0.15) is 24.6 Å². The predicted octanol–water partition coefficient (Wildman–Crippen LogP) is 2.18. The first-order chi connectivity index (χ1) is 9.54. The van der Waals surface area contributed by atoms with Gasteiger partial charge in [-0.05, 0) is 25.5 Å². The van der Waals surface area contributed by atoms with E-state index in [1.54, 1.807) is 6.92 Å². The number of hydrogen-bond acceptors (Lipinski definition) is 5. The molecule has 2 N–H and O–H groups in total. The van der Waals surface area contributed by atoms with Gasteiger partial charge in [0.2, 0.25) is 11.8 Å². The average molecular weight is 279 g/mol. The van der Waals surface area contributed by atoms with Crippen molar-refractivity contribution in [3.8, 4) is 5.75 Å². The Hall–Kier alpha value is -2.44. The summed E-state index contributed by atoms with van der Waals surface area (Å²) >= 11 is 0. The van der Waals surface area contributed by atoms with Crippen molar-refractivity contribution in [2.24, 2.45) is 0 Å². The molecule has 2 rings (SSSR count). The van der Waals surface area contributed by atoms with Crippen molar-refractivity contribution in [1.82, 2.24) is 10.1 Å². The predicted molar refractivity (Wildman–Crippen MR) is 68.7 cm³/mol. The molecule has 0 aliphatic heterocycles. The van der Waals surface area contributed by atoms with Crippen LogP contribution < -0.4 is 5.32 Å². The van der Waals surface area contributed by atoms with Gasteiger partial charge in [0, 0.05) is 18.9 Å². The Morgan fingerprint density at radius 1 is 1.50 bits per heavy atom. The van der Waals surface area contributed by atoms with E-state index in [-0.39, 0.29) is 23.8 Å². The van der Waals surface area contributed by atoms with Gasteiger partial charge in [-0.1, -0.05) is 5.16 Å². The van der Waals surface area contributed by atoms with Gasteiger partial charge in [-0.15, -0.1) is 0 Å². The standard InChI is InChI=1S/C13H14FN3O3/c1-8-15-13(20-17-8)4-2-3-12(19)16-11-6-5-9(18)7-10(11)14/h5-7,18H,2-4H2,1H3,(H,16,19). The van der Waals surface area contributed by atoms with Crippen molar-refractivity contribution in [3.05, 3.63) is 35.7 Å². The van der Waals surface area contributed by atoms with Gasteiger partial charge in [-0.25, -0.2) is 4.39 Å². The van der Waals surface area contributed by atoms with E-state index in [1.807, 2.05) is 0 Å². The van der Waals surface area contributed by atoms with Gasteiger partial charge >= 0.3 is 0 Å². The number of anilines is 1. The van der Waals surface area contributed by atoms with E-state index in [0.29, 0.717) is 24.6 Å². The fraction of sp³-hybridized carbons (Fsp3) is 0.308. The number of hydrogen-bond donors (Lipinski definition) is 2. The van der Waals surface area contributed by atoms with Crippen molar-refractivity contribution < 1.29 is 18.8 Å². The molecule has 106 valence electrons. The first kappa shape index (κ1) is 14.0. The molecule has 0 fully saturated rings. The van der Waals surface area contributed by atoms with Crippen molar-refractivity contribution in [1.29, 1.82) is 0 Å². The monoisotopic (exact) mass is 279 g/mol. The molecule has 0 bridgehead atoms. The molecular formula is C13H14FN3O3. The molecule has 1 aromatic carbocycles. The lowest BCUT2D eigenvalue weighted by Gasteiger charge is -2.06. The number of rotatable bonds is 5. The van der Waals surface area contributed by atoms with Crippen molar-refractivity contribution >= 4 is 11.6 Å². The molecular weight excluding hydrogens is 265 g/mol. The lowest BCUT2D eigenvalue weighted by Crippen LogP contribution is -2.12. The second kappa shape index (κ2) is 6.14. The molecule has 0 radical (unpaired) electrons. The Morgan fingerprint density at radius 3 is 2.95 bits per heavy atom. The van der Waals surface area contributed by atoms with Crippen molar-refractivity contribution in [3.63, 3.8) is 0 Å². The first-order valence-electron chi connectivity index (χ1n) is 6.12. The van der Waals surface area contributed by atoms with E-state index in [1.165, 1.54) is 12.1 Å². The Morgan fingerprint density at radius 2 is 2.30 bits per heavy atom. The zero-order chi connectivity index (χ0) is 14.5. The lowest BCUT2D eigenvalue weighted by molar-refractivity contribution is -0.116. The molecule has 6 nitrogen and oxygen atoms in total. The number of phenolic OH excluding ortho intramolecular Hbond substituents is 1. The van der Waals surface area contributed by atoms with Crippen LogP contribution in [-0.2, 0) is 11.2 Å². The van der Waals surface area contributed by atoms with Crippen LogP contribution in [0.3, 0.4) is 0 Å². The maximum Gasteiger partial charge on any atom is 0.226 e. The van der Waals surface area contributed by atoms with Crippen molar-refractivity contribution in [2.75, 3.05) is 5.32 Å². The number of aryl methyl sites for hydroxylation is 2. The molecule has 20 heavy (non-hydrogen) atoms. The van der Waals surface area contributed by atoms with Gasteiger partial charge < -0.3 is 14.9 Å². The minimum Gasteiger partial charge on any atom is -0.508 e. The van der Waals surface area contributed by atoms with Crippen LogP contribution in [-0.4, -0.2) is 21.2 Å². The minimum absolute atomic E-state index is 0.0430. The molecule has 2 aromatic rings. The molecule has 7 heteroatoms. The molecule has 0 aliphatic rings. The zero-order valence-corrected chi connectivity index (χ0v) is 10.9. The smallest absolute Gasteiger partial charge is 0.226 e. The van der Waals surface area contributed by atoms with E-state index < -0.39 is 5.82 Å². The fourth-order valence-electron chi connectivity index (χ4n) is 1.66. The van der Waals surface area contributed by atoms with E-state index >= 15 is 0 Å². The number of nitrogens with one attached hydrogen (secondary N) is 1.